The Bertz CT molecular complexity index is 491. The van der Waals surface area contributed by atoms with Gasteiger partial charge >= 0.3 is 0 Å². The first-order valence-corrected chi connectivity index (χ1v) is 7.46. The Morgan fingerprint density at radius 1 is 1.33 bits per heavy atom. The Balaban J connectivity index is 1.70. The lowest BCUT2D eigenvalue weighted by molar-refractivity contribution is 0.479. The fourth-order valence-electron chi connectivity index (χ4n) is 2.19. The van der Waals surface area contributed by atoms with Crippen molar-refractivity contribution in [1.82, 2.24) is 10.3 Å². The Morgan fingerprint density at radius 3 is 2.72 bits per heavy atom. The molecule has 1 N–H and O–H groups in total. The first-order chi connectivity index (χ1) is 8.83. The molecule has 0 saturated heterocycles. The van der Waals surface area contributed by atoms with E-state index >= 15 is 0 Å². The van der Waals surface area contributed by atoms with Gasteiger partial charge in [-0.05, 0) is 36.5 Å². The van der Waals surface area contributed by atoms with E-state index in [1.807, 2.05) is 23.7 Å². The molecule has 0 aliphatic heterocycles. The van der Waals surface area contributed by atoms with Gasteiger partial charge < -0.3 is 5.32 Å². The van der Waals surface area contributed by atoms with Crippen LogP contribution in [0.2, 0.25) is 5.02 Å². The highest BCUT2D eigenvalue weighted by Crippen LogP contribution is 2.41. The van der Waals surface area contributed by atoms with Gasteiger partial charge in [0, 0.05) is 29.2 Å². The zero-order valence-electron chi connectivity index (χ0n) is 9.97. The highest BCUT2D eigenvalue weighted by molar-refractivity contribution is 7.09. The summed E-state index contributed by atoms with van der Waals surface area (Å²) in [6.45, 7) is 0.849. The second-order valence-corrected chi connectivity index (χ2v) is 6.09. The summed E-state index contributed by atoms with van der Waals surface area (Å²) in [6.07, 6.45) is 4.49. The normalized spacial score (nSPS) is 16.7. The van der Waals surface area contributed by atoms with Gasteiger partial charge in [0.2, 0.25) is 0 Å². The maximum Gasteiger partial charge on any atom is 0.106 e. The molecule has 1 saturated carbocycles. The summed E-state index contributed by atoms with van der Waals surface area (Å²) in [5, 5.41) is 7.59. The number of thiazole rings is 1. The molecule has 1 atom stereocenters. The molecule has 2 aromatic rings. The minimum Gasteiger partial charge on any atom is -0.303 e. The Labute approximate surface area is 116 Å². The molecule has 1 fully saturated rings. The van der Waals surface area contributed by atoms with Crippen LogP contribution in [-0.4, -0.2) is 4.98 Å². The van der Waals surface area contributed by atoms with Crippen LogP contribution in [-0.2, 0) is 6.54 Å². The number of rotatable bonds is 5. The quantitative estimate of drug-likeness (QED) is 0.893. The van der Waals surface area contributed by atoms with Gasteiger partial charge in [-0.15, -0.1) is 11.3 Å². The summed E-state index contributed by atoms with van der Waals surface area (Å²) in [4.78, 5) is 4.31. The number of nitrogens with zero attached hydrogens (tertiary/aromatic N) is 1. The van der Waals surface area contributed by atoms with Crippen LogP contribution in [0.4, 0.5) is 0 Å². The van der Waals surface area contributed by atoms with Crippen molar-refractivity contribution in [3.63, 3.8) is 0 Å². The first-order valence-electron chi connectivity index (χ1n) is 6.20. The van der Waals surface area contributed by atoms with E-state index in [1.54, 1.807) is 11.3 Å². The highest BCUT2D eigenvalue weighted by Gasteiger charge is 2.31. The lowest BCUT2D eigenvalue weighted by Crippen LogP contribution is -2.22. The zero-order valence-corrected chi connectivity index (χ0v) is 11.5. The van der Waals surface area contributed by atoms with Gasteiger partial charge in [-0.1, -0.05) is 23.7 Å². The van der Waals surface area contributed by atoms with Crippen molar-refractivity contribution in [3.05, 3.63) is 51.4 Å². The second kappa shape index (κ2) is 5.39. The average molecular weight is 279 g/mol. The minimum atomic E-state index is 0.436. The van der Waals surface area contributed by atoms with E-state index in [-0.39, 0.29) is 0 Å². The lowest BCUT2D eigenvalue weighted by Gasteiger charge is -2.18. The summed E-state index contributed by atoms with van der Waals surface area (Å²) in [5.74, 6) is 0.770. The molecule has 1 aromatic heterocycles. The fraction of sp³-hybridized carbons (Fsp3) is 0.357. The minimum absolute atomic E-state index is 0.436. The number of hydrogen-bond acceptors (Lipinski definition) is 3. The van der Waals surface area contributed by atoms with Crippen LogP contribution in [0.1, 0.15) is 29.5 Å². The molecule has 0 amide bonds. The van der Waals surface area contributed by atoms with Crippen LogP contribution in [0.3, 0.4) is 0 Å². The maximum atomic E-state index is 5.94. The van der Waals surface area contributed by atoms with Crippen molar-refractivity contribution in [1.29, 1.82) is 0 Å². The van der Waals surface area contributed by atoms with E-state index in [4.69, 9.17) is 11.6 Å². The van der Waals surface area contributed by atoms with Crippen molar-refractivity contribution in [2.75, 3.05) is 0 Å². The predicted octanol–water partition coefficient (Wildman–Crippen LogP) is 4.04. The molecule has 2 nitrogen and oxygen atoms in total. The third-order valence-corrected chi connectivity index (χ3v) is 4.31. The smallest absolute Gasteiger partial charge is 0.106 e. The van der Waals surface area contributed by atoms with Crippen molar-refractivity contribution in [3.8, 4) is 0 Å². The second-order valence-electron chi connectivity index (χ2n) is 4.67. The van der Waals surface area contributed by atoms with Crippen molar-refractivity contribution in [2.24, 2.45) is 5.92 Å². The molecule has 0 spiro atoms. The summed E-state index contributed by atoms with van der Waals surface area (Å²) >= 11 is 7.64. The van der Waals surface area contributed by atoms with Gasteiger partial charge in [-0.2, -0.15) is 0 Å². The Hall–Kier alpha value is -0.900. The standard InChI is InChI=1S/C14H15ClN2S/c15-12-5-3-11(4-6-12)14(10-1-2-10)17-9-13-16-7-8-18-13/h3-8,10,14,17H,1-2,9H2. The highest BCUT2D eigenvalue weighted by atomic mass is 35.5. The monoisotopic (exact) mass is 278 g/mol. The molecule has 1 heterocycles. The van der Waals surface area contributed by atoms with Crippen LogP contribution in [0, 0.1) is 5.92 Å². The van der Waals surface area contributed by atoms with Crippen molar-refractivity contribution < 1.29 is 0 Å². The molecular weight excluding hydrogens is 264 g/mol. The van der Waals surface area contributed by atoms with Gasteiger partial charge in [0.15, 0.2) is 0 Å². The third kappa shape index (κ3) is 2.91. The number of benzene rings is 1. The van der Waals surface area contributed by atoms with Crippen LogP contribution < -0.4 is 5.32 Å². The molecule has 0 bridgehead atoms. The fourth-order valence-corrected chi connectivity index (χ4v) is 2.89. The first kappa shape index (κ1) is 12.2. The molecule has 1 aliphatic rings. The molecule has 3 rings (SSSR count). The van der Waals surface area contributed by atoms with Gasteiger partial charge in [-0.25, -0.2) is 4.98 Å². The maximum absolute atomic E-state index is 5.94. The summed E-state index contributed by atoms with van der Waals surface area (Å²) in [5.41, 5.74) is 1.33. The zero-order chi connectivity index (χ0) is 12.4. The van der Waals surface area contributed by atoms with Crippen LogP contribution in [0.5, 0.6) is 0 Å². The van der Waals surface area contributed by atoms with E-state index in [0.29, 0.717) is 6.04 Å². The van der Waals surface area contributed by atoms with E-state index in [2.05, 4.69) is 22.4 Å². The SMILES string of the molecule is Clc1ccc(C(NCc2nccs2)C2CC2)cc1. The van der Waals surface area contributed by atoms with Crippen LogP contribution >= 0.6 is 22.9 Å². The molecule has 18 heavy (non-hydrogen) atoms. The molecule has 1 unspecified atom stereocenters. The number of halogens is 1. The number of aromatic nitrogens is 1. The van der Waals surface area contributed by atoms with E-state index in [1.165, 1.54) is 18.4 Å². The average Bonchev–Trinajstić information content (AvgIpc) is 3.08. The van der Waals surface area contributed by atoms with E-state index < -0.39 is 0 Å². The van der Waals surface area contributed by atoms with E-state index in [0.717, 1.165) is 22.5 Å². The molecular formula is C14H15ClN2S. The topological polar surface area (TPSA) is 24.9 Å². The number of nitrogens with one attached hydrogen (secondary N) is 1. The summed E-state index contributed by atoms with van der Waals surface area (Å²) in [6, 6.07) is 8.63. The number of hydrogen-bond donors (Lipinski definition) is 1. The largest absolute Gasteiger partial charge is 0.303 e. The molecule has 1 aliphatic carbocycles. The third-order valence-electron chi connectivity index (χ3n) is 3.28. The van der Waals surface area contributed by atoms with Crippen molar-refractivity contribution in [2.45, 2.75) is 25.4 Å². The van der Waals surface area contributed by atoms with E-state index in [9.17, 15) is 0 Å². The summed E-state index contributed by atoms with van der Waals surface area (Å²) < 4.78 is 0. The van der Waals surface area contributed by atoms with Crippen LogP contribution in [0.25, 0.3) is 0 Å². The predicted molar refractivity (Wildman–Crippen MR) is 75.9 cm³/mol. The molecule has 4 heteroatoms. The Kier molecular flexibility index (Phi) is 3.64. The molecule has 94 valence electrons. The van der Waals surface area contributed by atoms with Crippen molar-refractivity contribution >= 4 is 22.9 Å². The van der Waals surface area contributed by atoms with Gasteiger partial charge in [-0.3, -0.25) is 0 Å². The lowest BCUT2D eigenvalue weighted by atomic mass is 10.0. The van der Waals surface area contributed by atoms with Gasteiger partial charge in [0.1, 0.15) is 5.01 Å². The van der Waals surface area contributed by atoms with Gasteiger partial charge in [0.25, 0.3) is 0 Å². The summed E-state index contributed by atoms with van der Waals surface area (Å²) in [7, 11) is 0. The molecule has 1 aromatic carbocycles. The van der Waals surface area contributed by atoms with Gasteiger partial charge in [0.05, 0.1) is 0 Å². The molecule has 0 radical (unpaired) electrons. The Morgan fingerprint density at radius 2 is 2.11 bits per heavy atom. The van der Waals surface area contributed by atoms with Crippen LogP contribution in [0.15, 0.2) is 35.8 Å².